The lowest BCUT2D eigenvalue weighted by molar-refractivity contribution is 0.317. The Labute approximate surface area is 210 Å². The molecular weight excluding hydrogens is 486 g/mol. The van der Waals surface area contributed by atoms with E-state index in [2.05, 4.69) is 11.9 Å². The molecule has 0 N–H and O–H groups in total. The maximum Gasteiger partial charge on any atom is 0.272 e. The molecule has 5 nitrogen and oxygen atoms in total. The van der Waals surface area contributed by atoms with Gasteiger partial charge < -0.3 is 4.74 Å². The standard InChI is InChI=1S/C26H22ClN3O2S2/c1-2-13-32-20-10-8-17(9-11-20)15-30-25(31)23-22(21-7-4-12-28-24(21)34-23)29-26(30)33-16-18-5-3-6-19(27)14-18/h3-12,14H,2,13,15-16H2,1H3. The van der Waals surface area contributed by atoms with Crippen LogP contribution < -0.4 is 10.3 Å². The number of thioether (sulfide) groups is 1. The molecule has 5 rings (SSSR count). The van der Waals surface area contributed by atoms with Gasteiger partial charge in [0, 0.05) is 22.4 Å². The number of hydrogen-bond donors (Lipinski definition) is 0. The number of benzene rings is 2. The van der Waals surface area contributed by atoms with Crippen LogP contribution in [0.4, 0.5) is 0 Å². The molecule has 0 spiro atoms. The normalized spacial score (nSPS) is 11.4. The van der Waals surface area contributed by atoms with Gasteiger partial charge in [0.05, 0.1) is 18.7 Å². The van der Waals surface area contributed by atoms with Gasteiger partial charge in [-0.05, 0) is 53.9 Å². The number of hydrogen-bond acceptors (Lipinski definition) is 6. The van der Waals surface area contributed by atoms with Crippen molar-refractivity contribution < 1.29 is 4.74 Å². The number of fused-ring (bicyclic) bond motifs is 3. The zero-order valence-electron chi connectivity index (χ0n) is 18.5. The van der Waals surface area contributed by atoms with Gasteiger partial charge in [0.2, 0.25) is 0 Å². The number of halogens is 1. The summed E-state index contributed by atoms with van der Waals surface area (Å²) in [5, 5.41) is 2.28. The molecule has 0 radical (unpaired) electrons. The van der Waals surface area contributed by atoms with Crippen molar-refractivity contribution in [2.75, 3.05) is 6.61 Å². The number of nitrogens with zero attached hydrogens (tertiary/aromatic N) is 3. The summed E-state index contributed by atoms with van der Waals surface area (Å²) in [6.45, 7) is 3.19. The van der Waals surface area contributed by atoms with Crippen LogP contribution in [0.25, 0.3) is 20.4 Å². The molecular formula is C26H22ClN3O2S2. The molecule has 3 heterocycles. The van der Waals surface area contributed by atoms with E-state index in [1.807, 2.05) is 60.7 Å². The predicted octanol–water partition coefficient (Wildman–Crippen LogP) is 6.79. The highest BCUT2D eigenvalue weighted by Gasteiger charge is 2.17. The third-order valence-electron chi connectivity index (χ3n) is 5.31. The van der Waals surface area contributed by atoms with E-state index >= 15 is 0 Å². The fourth-order valence-corrected chi connectivity index (χ4v) is 5.84. The smallest absolute Gasteiger partial charge is 0.272 e. The van der Waals surface area contributed by atoms with E-state index in [-0.39, 0.29) is 5.56 Å². The Bertz CT molecular complexity index is 1510. The van der Waals surface area contributed by atoms with Gasteiger partial charge in [-0.1, -0.05) is 54.6 Å². The maximum absolute atomic E-state index is 13.6. The summed E-state index contributed by atoms with van der Waals surface area (Å²) in [5.74, 6) is 1.49. The minimum Gasteiger partial charge on any atom is -0.494 e. The zero-order chi connectivity index (χ0) is 23.5. The highest BCUT2D eigenvalue weighted by atomic mass is 35.5. The number of pyridine rings is 1. The van der Waals surface area contributed by atoms with E-state index in [0.717, 1.165) is 33.5 Å². The van der Waals surface area contributed by atoms with Crippen molar-refractivity contribution in [1.29, 1.82) is 0 Å². The highest BCUT2D eigenvalue weighted by molar-refractivity contribution is 7.98. The van der Waals surface area contributed by atoms with Crippen molar-refractivity contribution in [3.8, 4) is 5.75 Å². The van der Waals surface area contributed by atoms with Gasteiger partial charge >= 0.3 is 0 Å². The van der Waals surface area contributed by atoms with Crippen molar-refractivity contribution in [3.63, 3.8) is 0 Å². The van der Waals surface area contributed by atoms with Crippen LogP contribution in [0, 0.1) is 0 Å². The molecule has 0 saturated heterocycles. The molecule has 2 aromatic carbocycles. The second-order valence-corrected chi connectivity index (χ2v) is 10.2. The largest absolute Gasteiger partial charge is 0.494 e. The Morgan fingerprint density at radius 2 is 1.94 bits per heavy atom. The number of ether oxygens (including phenoxy) is 1. The first-order valence-corrected chi connectivity index (χ1v) is 13.2. The SMILES string of the molecule is CCCOc1ccc(Cn2c(SCc3cccc(Cl)c3)nc3c(sc4ncccc43)c2=O)cc1. The lowest BCUT2D eigenvalue weighted by atomic mass is 10.2. The molecule has 34 heavy (non-hydrogen) atoms. The van der Waals surface area contributed by atoms with Crippen LogP contribution in [0.2, 0.25) is 5.02 Å². The summed E-state index contributed by atoms with van der Waals surface area (Å²) in [7, 11) is 0. The predicted molar refractivity (Wildman–Crippen MR) is 142 cm³/mol. The molecule has 3 aromatic heterocycles. The van der Waals surface area contributed by atoms with E-state index in [4.69, 9.17) is 21.3 Å². The topological polar surface area (TPSA) is 57.0 Å². The average Bonchev–Trinajstić information content (AvgIpc) is 3.23. The summed E-state index contributed by atoms with van der Waals surface area (Å²) < 4.78 is 8.08. The molecule has 0 amide bonds. The molecule has 0 aliphatic carbocycles. The third-order valence-corrected chi connectivity index (χ3v) is 7.69. The van der Waals surface area contributed by atoms with Crippen molar-refractivity contribution in [2.45, 2.75) is 30.8 Å². The first kappa shape index (κ1) is 22.9. The summed E-state index contributed by atoms with van der Waals surface area (Å²) in [4.78, 5) is 23.9. The molecule has 0 aliphatic heterocycles. The lowest BCUT2D eigenvalue weighted by Gasteiger charge is -2.13. The summed E-state index contributed by atoms with van der Waals surface area (Å²) in [6, 6.07) is 19.5. The molecule has 8 heteroatoms. The molecule has 0 saturated carbocycles. The van der Waals surface area contributed by atoms with Gasteiger partial charge in [0.25, 0.3) is 5.56 Å². The van der Waals surface area contributed by atoms with Gasteiger partial charge in [0.1, 0.15) is 15.3 Å². The first-order chi connectivity index (χ1) is 16.6. The van der Waals surface area contributed by atoms with Gasteiger partial charge in [-0.15, -0.1) is 11.3 Å². The number of aromatic nitrogens is 3. The average molecular weight is 508 g/mol. The van der Waals surface area contributed by atoms with E-state index in [1.54, 1.807) is 10.8 Å². The van der Waals surface area contributed by atoms with Gasteiger partial charge in [-0.3, -0.25) is 9.36 Å². The second kappa shape index (κ2) is 10.2. The summed E-state index contributed by atoms with van der Waals surface area (Å²) in [5.41, 5.74) is 2.75. The summed E-state index contributed by atoms with van der Waals surface area (Å²) in [6.07, 6.45) is 2.70. The van der Waals surface area contributed by atoms with Gasteiger partial charge in [-0.25, -0.2) is 9.97 Å². The lowest BCUT2D eigenvalue weighted by Crippen LogP contribution is -2.23. The van der Waals surface area contributed by atoms with E-state index in [0.29, 0.717) is 39.3 Å². The molecule has 0 bridgehead atoms. The molecule has 172 valence electrons. The maximum atomic E-state index is 13.6. The fraction of sp³-hybridized carbons (Fsp3) is 0.192. The Morgan fingerprint density at radius 3 is 2.74 bits per heavy atom. The Hall–Kier alpha value is -2.87. The van der Waals surface area contributed by atoms with Crippen LogP contribution >= 0.6 is 34.7 Å². The van der Waals surface area contributed by atoms with Crippen molar-refractivity contribution in [2.24, 2.45) is 0 Å². The zero-order valence-corrected chi connectivity index (χ0v) is 20.9. The fourth-order valence-electron chi connectivity index (χ4n) is 3.66. The third kappa shape index (κ3) is 4.82. The molecule has 0 aliphatic rings. The minimum atomic E-state index is -0.0482. The number of rotatable bonds is 8. The van der Waals surface area contributed by atoms with Crippen molar-refractivity contribution in [1.82, 2.24) is 14.5 Å². The monoisotopic (exact) mass is 507 g/mol. The Balaban J connectivity index is 1.55. The quantitative estimate of drug-likeness (QED) is 0.171. The molecule has 0 unspecified atom stereocenters. The van der Waals surface area contributed by atoms with E-state index in [9.17, 15) is 4.79 Å². The number of thiophene rings is 1. The highest BCUT2D eigenvalue weighted by Crippen LogP contribution is 2.31. The molecule has 0 fully saturated rings. The van der Waals surface area contributed by atoms with Gasteiger partial charge in [-0.2, -0.15) is 0 Å². The van der Waals surface area contributed by atoms with Gasteiger partial charge in [0.15, 0.2) is 5.16 Å². The van der Waals surface area contributed by atoms with E-state index < -0.39 is 0 Å². The van der Waals surface area contributed by atoms with Crippen LogP contribution in [0.1, 0.15) is 24.5 Å². The minimum absolute atomic E-state index is 0.0482. The molecule has 0 atom stereocenters. The second-order valence-electron chi connectivity index (χ2n) is 7.83. The van der Waals surface area contributed by atoms with Crippen LogP contribution in [-0.4, -0.2) is 21.1 Å². The van der Waals surface area contributed by atoms with Crippen LogP contribution in [0.15, 0.2) is 76.8 Å². The first-order valence-electron chi connectivity index (χ1n) is 11.0. The Kier molecular flexibility index (Phi) is 6.85. The molecule has 5 aromatic rings. The Morgan fingerprint density at radius 1 is 1.09 bits per heavy atom. The van der Waals surface area contributed by atoms with Crippen LogP contribution in [0.5, 0.6) is 5.75 Å². The van der Waals surface area contributed by atoms with Crippen molar-refractivity contribution in [3.05, 3.63) is 93.4 Å². The summed E-state index contributed by atoms with van der Waals surface area (Å²) >= 11 is 9.10. The van der Waals surface area contributed by atoms with E-state index in [1.165, 1.54) is 23.1 Å². The van der Waals surface area contributed by atoms with Crippen molar-refractivity contribution >= 4 is 55.1 Å². The van der Waals surface area contributed by atoms with Crippen LogP contribution in [0.3, 0.4) is 0 Å². The van der Waals surface area contributed by atoms with Crippen LogP contribution in [-0.2, 0) is 12.3 Å².